The van der Waals surface area contributed by atoms with Gasteiger partial charge in [0.1, 0.15) is 12.3 Å². The fraction of sp³-hybridized carbons (Fsp3) is 0.543. The second-order valence-electron chi connectivity index (χ2n) is 13.2. The first kappa shape index (κ1) is 48.7. The summed E-state index contributed by atoms with van der Waals surface area (Å²) in [5.41, 5.74) is 29.9. The molecule has 1 aromatic heterocycles. The Bertz CT molecular complexity index is 1680. The van der Waals surface area contributed by atoms with Gasteiger partial charge in [-0.15, -0.1) is 0 Å². The number of aromatic amines is 1. The van der Waals surface area contributed by atoms with Gasteiger partial charge in [-0.3, -0.25) is 33.6 Å². The molecule has 22 heteroatoms. The molecule has 0 bridgehead atoms. The topological polar surface area (TPSA) is 343 Å². The molecule has 1 aromatic carbocycles. The van der Waals surface area contributed by atoms with E-state index in [1.165, 1.54) is 10.0 Å². The third-order valence-electron chi connectivity index (χ3n) is 8.75. The van der Waals surface area contributed by atoms with E-state index in [0.29, 0.717) is 19.1 Å². The van der Waals surface area contributed by atoms with Gasteiger partial charge in [0.25, 0.3) is 0 Å². The number of nitrogens with two attached hydrogens (primary N) is 4. The van der Waals surface area contributed by atoms with Crippen LogP contribution in [0.25, 0.3) is 10.9 Å². The molecule has 21 nitrogen and oxygen atoms in total. The van der Waals surface area contributed by atoms with E-state index in [1.54, 1.807) is 13.1 Å². The van der Waals surface area contributed by atoms with Crippen LogP contribution in [0.4, 0.5) is 0 Å². The lowest BCUT2D eigenvalue weighted by atomic mass is 9.98. The number of ketones is 4. The summed E-state index contributed by atoms with van der Waals surface area (Å²) in [6.07, 6.45) is 2.45. The summed E-state index contributed by atoms with van der Waals surface area (Å²) in [6, 6.07) is 1.60. The number of nitrogens with one attached hydrogen (secondary N) is 6. The van der Waals surface area contributed by atoms with Crippen LogP contribution >= 0.6 is 12.6 Å². The third-order valence-corrected chi connectivity index (χ3v) is 9.12. The zero-order valence-electron chi connectivity index (χ0n) is 31.9. The van der Waals surface area contributed by atoms with Crippen LogP contribution in [0.3, 0.4) is 0 Å². The van der Waals surface area contributed by atoms with Crippen LogP contribution in [0, 0.1) is 0 Å². The highest BCUT2D eigenvalue weighted by Gasteiger charge is 2.35. The molecule has 1 heterocycles. The molecule has 5 atom stereocenters. The molecule has 15 N–H and O–H groups in total. The average Bonchev–Trinajstić information content (AvgIpc) is 3.61. The molecule has 0 saturated carbocycles. The highest BCUT2D eigenvalue weighted by atomic mass is 32.1. The van der Waals surface area contributed by atoms with E-state index in [0.717, 1.165) is 16.5 Å². The number of para-hydroxylation sites is 1. The smallest absolute Gasteiger partial charge is 0.305 e. The predicted molar refractivity (Wildman–Crippen MR) is 213 cm³/mol. The number of aliphatic carboxylic acids is 1. The number of rotatable bonds is 31. The van der Waals surface area contributed by atoms with Gasteiger partial charge < -0.3 is 53.8 Å². The first-order chi connectivity index (χ1) is 27.2. The number of hydrogen-bond donors (Lipinski definition) is 12. The molecule has 0 fully saturated rings. The highest BCUT2D eigenvalue weighted by molar-refractivity contribution is 7.80. The summed E-state index contributed by atoms with van der Waals surface area (Å²) in [4.78, 5) is 105. The quantitative estimate of drug-likeness (QED) is 0.00857. The van der Waals surface area contributed by atoms with Crippen molar-refractivity contribution in [1.29, 1.82) is 0 Å². The van der Waals surface area contributed by atoms with Crippen molar-refractivity contribution < 1.29 is 43.5 Å². The van der Waals surface area contributed by atoms with Gasteiger partial charge in [-0.1, -0.05) is 18.2 Å². The monoisotopic (exact) mass is 820 g/mol. The molecular weight excluding hydrogens is 765 g/mol. The van der Waals surface area contributed by atoms with Gasteiger partial charge in [-0.2, -0.15) is 12.6 Å². The van der Waals surface area contributed by atoms with Crippen molar-refractivity contribution in [2.45, 2.75) is 69.2 Å². The SMILES string of the molecule is C[C@H](NCC(=O)CN(CN)N[C@@H](CS)C(=O)C(=O)[C@H](CCCCN)NC(=O)[C@H](CC(=O)O)NC(=O)CN(CN)N[C@H](C=O)Cc1c[nH]c2ccccc12)C(=O)CN. The minimum absolute atomic E-state index is 0.0562. The largest absolute Gasteiger partial charge is 0.481 e. The Labute approximate surface area is 335 Å². The summed E-state index contributed by atoms with van der Waals surface area (Å²) < 4.78 is 0. The number of unbranched alkanes of at least 4 members (excludes halogenated alkanes) is 1. The lowest BCUT2D eigenvalue weighted by molar-refractivity contribution is -0.142. The van der Waals surface area contributed by atoms with Gasteiger partial charge >= 0.3 is 5.97 Å². The van der Waals surface area contributed by atoms with E-state index in [1.807, 2.05) is 24.3 Å². The van der Waals surface area contributed by atoms with E-state index < -0.39 is 78.3 Å². The molecular formula is C35H56N12O9S. The maximum absolute atomic E-state index is 13.6. The van der Waals surface area contributed by atoms with Crippen molar-refractivity contribution in [3.8, 4) is 0 Å². The van der Waals surface area contributed by atoms with E-state index in [4.69, 9.17) is 22.9 Å². The zero-order chi connectivity index (χ0) is 42.5. The Hall–Kier alpha value is -4.49. The van der Waals surface area contributed by atoms with E-state index in [-0.39, 0.29) is 63.9 Å². The lowest BCUT2D eigenvalue weighted by Crippen LogP contribution is -2.59. The number of hydrazine groups is 2. The Morgan fingerprint density at radius 1 is 0.895 bits per heavy atom. The molecule has 0 aliphatic carbocycles. The number of carboxylic acid groups (broad SMARTS) is 1. The van der Waals surface area contributed by atoms with Crippen molar-refractivity contribution in [2.75, 3.05) is 51.8 Å². The molecule has 0 radical (unpaired) electrons. The number of hydrogen-bond acceptors (Lipinski definition) is 18. The van der Waals surface area contributed by atoms with Crippen molar-refractivity contribution in [3.63, 3.8) is 0 Å². The second kappa shape index (κ2) is 25.7. The normalized spacial score (nSPS) is 14.1. The van der Waals surface area contributed by atoms with Crippen LogP contribution in [-0.2, 0) is 44.8 Å². The molecule has 0 unspecified atom stereocenters. The molecule has 0 aliphatic heterocycles. The van der Waals surface area contributed by atoms with E-state index in [2.05, 4.69) is 44.4 Å². The molecule has 57 heavy (non-hydrogen) atoms. The Kier molecular flexibility index (Phi) is 21.9. The maximum atomic E-state index is 13.6. The fourth-order valence-corrected chi connectivity index (χ4v) is 5.87. The number of fused-ring (bicyclic) bond motifs is 1. The maximum Gasteiger partial charge on any atom is 0.305 e. The van der Waals surface area contributed by atoms with Gasteiger partial charge in [0.05, 0.1) is 70.1 Å². The van der Waals surface area contributed by atoms with Crippen molar-refractivity contribution >= 4 is 70.7 Å². The summed E-state index contributed by atoms with van der Waals surface area (Å²) >= 11 is 4.18. The predicted octanol–water partition coefficient (Wildman–Crippen LogP) is -4.19. The molecule has 2 aromatic rings. The van der Waals surface area contributed by atoms with Crippen LogP contribution in [0.2, 0.25) is 0 Å². The Morgan fingerprint density at radius 2 is 1.56 bits per heavy atom. The summed E-state index contributed by atoms with van der Waals surface area (Å²) in [7, 11) is 0. The van der Waals surface area contributed by atoms with Gasteiger partial charge in [0, 0.05) is 22.9 Å². The van der Waals surface area contributed by atoms with Crippen LogP contribution < -0.4 is 49.7 Å². The second-order valence-corrected chi connectivity index (χ2v) is 13.5. The number of aldehydes is 1. The number of nitrogens with zero attached hydrogens (tertiary/aromatic N) is 2. The first-order valence-electron chi connectivity index (χ1n) is 18.3. The van der Waals surface area contributed by atoms with Gasteiger partial charge in [0.2, 0.25) is 23.4 Å². The van der Waals surface area contributed by atoms with Crippen LogP contribution in [0.5, 0.6) is 0 Å². The number of H-pyrrole nitrogens is 1. The molecule has 0 saturated heterocycles. The molecule has 316 valence electrons. The van der Waals surface area contributed by atoms with Gasteiger partial charge in [0.15, 0.2) is 11.6 Å². The highest BCUT2D eigenvalue weighted by Crippen LogP contribution is 2.19. The number of carbonyl (C=O) groups excluding carboxylic acids is 7. The number of Topliss-reactive ketones (excluding diaryl/α,β-unsaturated/α-hetero) is 4. The minimum atomic E-state index is -1.68. The van der Waals surface area contributed by atoms with Crippen molar-refractivity contribution in [3.05, 3.63) is 36.0 Å². The van der Waals surface area contributed by atoms with Gasteiger partial charge in [-0.05, 0) is 50.8 Å². The first-order valence-corrected chi connectivity index (χ1v) is 19.0. The number of aromatic nitrogens is 1. The summed E-state index contributed by atoms with van der Waals surface area (Å²) in [5, 5.41) is 20.4. The summed E-state index contributed by atoms with van der Waals surface area (Å²) in [6.45, 7) is 0.0592. The summed E-state index contributed by atoms with van der Waals surface area (Å²) in [5.74, 6) is -6.34. The molecule has 2 rings (SSSR count). The van der Waals surface area contributed by atoms with Crippen molar-refractivity contribution in [2.24, 2.45) is 22.9 Å². The third kappa shape index (κ3) is 16.5. The standard InChI is InChI=1S/C35H56N12O9S/c1-21(30(50)12-37)40-14-24(49)15-46(19-38)45-29(18-57)34(55)33(54)27(8-4-5-9-36)43-35(56)28(11-32(52)53)42-31(51)16-47(20-39)44-23(17-48)10-22-13-41-26-7-3-2-6-25(22)26/h2-3,6-7,13,17,21,23,27-29,40-41,44-45,57H,4-5,8-12,14-16,18-20,36-39H2,1H3,(H,42,51)(H,43,56)(H,52,53)/t21-,23-,27-,28-,29-/m0/s1. The number of carboxylic acids is 1. The van der Waals surface area contributed by atoms with E-state index in [9.17, 15) is 43.5 Å². The number of carbonyl (C=O) groups is 8. The fourth-order valence-electron chi connectivity index (χ4n) is 5.63. The van der Waals surface area contributed by atoms with E-state index >= 15 is 0 Å². The Morgan fingerprint density at radius 3 is 2.18 bits per heavy atom. The van der Waals surface area contributed by atoms with Crippen LogP contribution in [-0.4, -0.2) is 149 Å². The number of benzene rings is 1. The van der Waals surface area contributed by atoms with Crippen LogP contribution in [0.1, 0.15) is 38.2 Å². The van der Waals surface area contributed by atoms with Gasteiger partial charge in [-0.25, -0.2) is 20.9 Å². The molecule has 0 spiro atoms. The molecule has 2 amide bonds. The van der Waals surface area contributed by atoms with Crippen LogP contribution in [0.15, 0.2) is 30.5 Å². The number of thiol groups is 1. The average molecular weight is 821 g/mol. The lowest BCUT2D eigenvalue weighted by Gasteiger charge is -2.28. The minimum Gasteiger partial charge on any atom is -0.481 e. The number of amides is 2. The van der Waals surface area contributed by atoms with Crippen molar-refractivity contribution in [1.82, 2.24) is 41.8 Å². The molecule has 0 aliphatic rings. The Balaban J connectivity index is 2.12. The zero-order valence-corrected chi connectivity index (χ0v) is 32.8.